The quantitative estimate of drug-likeness (QED) is 0.819. The predicted molar refractivity (Wildman–Crippen MR) is 57.9 cm³/mol. The zero-order valence-electron chi connectivity index (χ0n) is 8.63. The van der Waals surface area contributed by atoms with Gasteiger partial charge < -0.3 is 4.74 Å². The van der Waals surface area contributed by atoms with Crippen molar-refractivity contribution in [2.24, 2.45) is 0 Å². The highest BCUT2D eigenvalue weighted by atomic mass is 32.1. The summed E-state index contributed by atoms with van der Waals surface area (Å²) in [5.74, 6) is -0.545. The van der Waals surface area contributed by atoms with Crippen LogP contribution in [0.3, 0.4) is 0 Å². The summed E-state index contributed by atoms with van der Waals surface area (Å²) in [6.07, 6.45) is 0. The van der Waals surface area contributed by atoms with Crippen LogP contribution in [0.25, 0.3) is 10.1 Å². The van der Waals surface area contributed by atoms with Crippen LogP contribution in [0.15, 0.2) is 12.1 Å². The summed E-state index contributed by atoms with van der Waals surface area (Å²) in [4.78, 5) is 0. The van der Waals surface area contributed by atoms with Crippen molar-refractivity contribution in [3.8, 4) is 11.1 Å². The van der Waals surface area contributed by atoms with Crippen molar-refractivity contribution >= 4 is 21.4 Å². The highest BCUT2D eigenvalue weighted by Gasteiger charge is 2.20. The molecule has 2 aromatic rings. The third kappa shape index (κ3) is 1.94. The molecule has 0 atom stereocenters. The van der Waals surface area contributed by atoms with E-state index in [1.807, 2.05) is 0 Å². The second-order valence-corrected chi connectivity index (χ2v) is 4.31. The van der Waals surface area contributed by atoms with Gasteiger partial charge in [-0.1, -0.05) is 17.4 Å². The third-order valence-corrected chi connectivity index (χ3v) is 3.36. The molecule has 0 fully saturated rings. The summed E-state index contributed by atoms with van der Waals surface area (Å²) in [6.45, 7) is -1.35. The molecule has 0 aliphatic carbocycles. The minimum Gasteiger partial charge on any atom is -0.423 e. The van der Waals surface area contributed by atoms with E-state index in [0.717, 1.165) is 11.3 Å². The van der Waals surface area contributed by atoms with Crippen LogP contribution in [-0.2, 0) is 0 Å². The molecular weight excluding hydrogens is 251 g/mol. The van der Waals surface area contributed by atoms with Crippen molar-refractivity contribution < 1.29 is 17.9 Å². The number of nitriles is 1. The van der Waals surface area contributed by atoms with Gasteiger partial charge in [-0.25, -0.2) is 4.39 Å². The maximum Gasteiger partial charge on any atom is 0.388 e. The number of alkyl halides is 2. The SMILES string of the molecule is Cc1ccc(F)c2sc(OC(F)F)c(C#N)c12. The van der Waals surface area contributed by atoms with Crippen LogP contribution in [0, 0.1) is 24.1 Å². The number of hydrogen-bond acceptors (Lipinski definition) is 3. The summed E-state index contributed by atoms with van der Waals surface area (Å²) < 4.78 is 42.2. The molecule has 2 nitrogen and oxygen atoms in total. The molecule has 17 heavy (non-hydrogen) atoms. The molecule has 0 unspecified atom stereocenters. The molecule has 0 aliphatic heterocycles. The Bertz CT molecular complexity index is 615. The molecule has 6 heteroatoms. The second kappa shape index (κ2) is 4.26. The lowest BCUT2D eigenvalue weighted by Crippen LogP contribution is -2.01. The van der Waals surface area contributed by atoms with Crippen molar-refractivity contribution in [2.45, 2.75) is 13.5 Å². The Balaban J connectivity index is 2.76. The van der Waals surface area contributed by atoms with E-state index >= 15 is 0 Å². The fourth-order valence-electron chi connectivity index (χ4n) is 1.58. The molecule has 0 saturated carbocycles. The van der Waals surface area contributed by atoms with Gasteiger partial charge in [0, 0.05) is 5.39 Å². The van der Waals surface area contributed by atoms with Gasteiger partial charge >= 0.3 is 6.61 Å². The second-order valence-electron chi connectivity index (χ2n) is 3.32. The van der Waals surface area contributed by atoms with Crippen LogP contribution < -0.4 is 4.74 Å². The van der Waals surface area contributed by atoms with E-state index in [1.54, 1.807) is 13.0 Å². The maximum atomic E-state index is 13.5. The van der Waals surface area contributed by atoms with E-state index in [2.05, 4.69) is 4.74 Å². The number of fused-ring (bicyclic) bond motifs is 1. The molecule has 1 aromatic carbocycles. The summed E-state index contributed by atoms with van der Waals surface area (Å²) in [6, 6.07) is 4.51. The number of ether oxygens (including phenoxy) is 1. The Morgan fingerprint density at radius 1 is 1.41 bits per heavy atom. The van der Waals surface area contributed by atoms with Crippen molar-refractivity contribution in [1.82, 2.24) is 0 Å². The van der Waals surface area contributed by atoms with Gasteiger partial charge in [-0.3, -0.25) is 0 Å². The van der Waals surface area contributed by atoms with Crippen LogP contribution in [0.1, 0.15) is 11.1 Å². The van der Waals surface area contributed by atoms with Crippen LogP contribution in [0.2, 0.25) is 0 Å². The minimum absolute atomic E-state index is 0.0395. The smallest absolute Gasteiger partial charge is 0.388 e. The maximum absolute atomic E-state index is 13.5. The fraction of sp³-hybridized carbons (Fsp3) is 0.182. The molecule has 0 bridgehead atoms. The molecule has 0 saturated heterocycles. The number of benzene rings is 1. The van der Waals surface area contributed by atoms with E-state index in [0.29, 0.717) is 10.9 Å². The van der Waals surface area contributed by atoms with E-state index < -0.39 is 12.4 Å². The van der Waals surface area contributed by atoms with Crippen molar-refractivity contribution in [1.29, 1.82) is 5.26 Å². The van der Waals surface area contributed by atoms with E-state index in [1.165, 1.54) is 12.1 Å². The van der Waals surface area contributed by atoms with Gasteiger partial charge in [0.1, 0.15) is 17.4 Å². The summed E-state index contributed by atoms with van der Waals surface area (Å²) in [5, 5.41) is 9.04. The molecule has 0 amide bonds. The Kier molecular flexibility index (Phi) is 2.94. The topological polar surface area (TPSA) is 33.0 Å². The van der Waals surface area contributed by atoms with Crippen LogP contribution in [0.4, 0.5) is 13.2 Å². The number of halogens is 3. The standard InChI is InChI=1S/C11H6F3NOS/c1-5-2-3-7(12)9-8(5)6(4-15)10(17-9)16-11(13)14/h2-3,11H,1H3. The average molecular weight is 257 g/mol. The highest BCUT2D eigenvalue weighted by Crippen LogP contribution is 2.40. The first kappa shape index (κ1) is 11.7. The Labute approximate surface area is 98.9 Å². The summed E-state index contributed by atoms with van der Waals surface area (Å²) in [5.41, 5.74) is 0.612. The van der Waals surface area contributed by atoms with Gasteiger partial charge in [-0.15, -0.1) is 0 Å². The van der Waals surface area contributed by atoms with Crippen molar-refractivity contribution in [2.75, 3.05) is 0 Å². The zero-order chi connectivity index (χ0) is 12.6. The zero-order valence-corrected chi connectivity index (χ0v) is 9.45. The first-order valence-electron chi connectivity index (χ1n) is 4.61. The first-order valence-corrected chi connectivity index (χ1v) is 5.42. The van der Waals surface area contributed by atoms with Gasteiger partial charge in [-0.05, 0) is 18.6 Å². The Morgan fingerprint density at radius 2 is 2.12 bits per heavy atom. The molecule has 0 N–H and O–H groups in total. The lowest BCUT2D eigenvalue weighted by Gasteiger charge is -2.00. The normalized spacial score (nSPS) is 10.8. The van der Waals surface area contributed by atoms with E-state index in [9.17, 15) is 13.2 Å². The van der Waals surface area contributed by atoms with Gasteiger partial charge in [0.25, 0.3) is 0 Å². The van der Waals surface area contributed by atoms with Gasteiger partial charge in [0.2, 0.25) is 0 Å². The van der Waals surface area contributed by atoms with Crippen LogP contribution in [0.5, 0.6) is 5.06 Å². The van der Waals surface area contributed by atoms with Crippen molar-refractivity contribution in [3.05, 3.63) is 29.1 Å². The fourth-order valence-corrected chi connectivity index (χ4v) is 2.66. The molecule has 2 rings (SSSR count). The van der Waals surface area contributed by atoms with E-state index in [-0.39, 0.29) is 15.3 Å². The number of hydrogen-bond donors (Lipinski definition) is 0. The molecule has 88 valence electrons. The van der Waals surface area contributed by atoms with Crippen LogP contribution >= 0.6 is 11.3 Å². The van der Waals surface area contributed by atoms with Gasteiger partial charge in [0.15, 0.2) is 5.06 Å². The molecule has 1 aromatic heterocycles. The lowest BCUT2D eigenvalue weighted by molar-refractivity contribution is -0.0473. The minimum atomic E-state index is -3.03. The average Bonchev–Trinajstić information content (AvgIpc) is 2.62. The van der Waals surface area contributed by atoms with Gasteiger partial charge in [0.05, 0.1) is 4.70 Å². The van der Waals surface area contributed by atoms with E-state index in [4.69, 9.17) is 5.26 Å². The molecule has 0 spiro atoms. The highest BCUT2D eigenvalue weighted by molar-refractivity contribution is 7.21. The largest absolute Gasteiger partial charge is 0.423 e. The summed E-state index contributed by atoms with van der Waals surface area (Å²) >= 11 is 0.718. The van der Waals surface area contributed by atoms with Crippen LogP contribution in [-0.4, -0.2) is 6.61 Å². The lowest BCUT2D eigenvalue weighted by atomic mass is 10.1. The van der Waals surface area contributed by atoms with Gasteiger partial charge in [-0.2, -0.15) is 14.0 Å². The number of aryl methyl sites for hydroxylation is 1. The molecule has 0 radical (unpaired) electrons. The first-order chi connectivity index (χ1) is 8.04. The number of thiophene rings is 1. The summed E-state index contributed by atoms with van der Waals surface area (Å²) in [7, 11) is 0. The molecular formula is C11H6F3NOS. The number of rotatable bonds is 2. The Morgan fingerprint density at radius 3 is 2.71 bits per heavy atom. The molecule has 1 heterocycles. The Hall–Kier alpha value is -1.74. The van der Waals surface area contributed by atoms with Crippen molar-refractivity contribution in [3.63, 3.8) is 0 Å². The number of nitrogens with zero attached hydrogens (tertiary/aromatic N) is 1. The third-order valence-electron chi connectivity index (χ3n) is 2.27. The monoisotopic (exact) mass is 257 g/mol. The molecule has 0 aliphatic rings. The predicted octanol–water partition coefficient (Wildman–Crippen LogP) is 3.82.